The molecule has 3 rings (SSSR count). The largest absolute Gasteiger partial charge is 0.453 e. The summed E-state index contributed by atoms with van der Waals surface area (Å²) in [7, 11) is 3.78. The summed E-state index contributed by atoms with van der Waals surface area (Å²) in [5, 5.41) is 0. The maximum Gasteiger partial charge on any atom is 0.289 e. The fourth-order valence-electron chi connectivity index (χ4n) is 3.61. The van der Waals surface area contributed by atoms with E-state index >= 15 is 0 Å². The summed E-state index contributed by atoms with van der Waals surface area (Å²) >= 11 is 0. The molecule has 5 heteroatoms. The number of hydrogen-bond acceptors (Lipinski definition) is 4. The molecule has 1 fully saturated rings. The highest BCUT2D eigenvalue weighted by Crippen LogP contribution is 2.20. The Balaban J connectivity index is 1.68. The summed E-state index contributed by atoms with van der Waals surface area (Å²) in [6, 6.07) is 13.9. The fraction of sp³-hybridized carbons (Fsp3) is 0.500. The first kappa shape index (κ1) is 19.6. The molecule has 0 radical (unpaired) electrons. The predicted molar refractivity (Wildman–Crippen MR) is 106 cm³/mol. The van der Waals surface area contributed by atoms with Gasteiger partial charge in [-0.1, -0.05) is 30.3 Å². The first-order valence-electron chi connectivity index (χ1n) is 9.75. The third kappa shape index (κ3) is 5.68. The molecule has 2 heterocycles. The van der Waals surface area contributed by atoms with Gasteiger partial charge in [0, 0.05) is 20.2 Å². The van der Waals surface area contributed by atoms with E-state index < -0.39 is 0 Å². The lowest BCUT2D eigenvalue weighted by atomic mass is 9.96. The van der Waals surface area contributed by atoms with Crippen LogP contribution in [0.25, 0.3) is 0 Å². The average Bonchev–Trinajstić information content (AvgIpc) is 3.16. The normalized spacial score (nSPS) is 15.8. The monoisotopic (exact) mass is 370 g/mol. The first-order valence-corrected chi connectivity index (χ1v) is 9.75. The fourth-order valence-corrected chi connectivity index (χ4v) is 3.61. The second-order valence-corrected chi connectivity index (χ2v) is 7.43. The van der Waals surface area contributed by atoms with Crippen LogP contribution in [0.5, 0.6) is 0 Å². The number of benzene rings is 1. The molecule has 1 saturated heterocycles. The van der Waals surface area contributed by atoms with E-state index in [1.807, 2.05) is 29.2 Å². The Morgan fingerprint density at radius 3 is 2.63 bits per heavy atom. The molecule has 0 bridgehead atoms. The van der Waals surface area contributed by atoms with E-state index in [1.165, 1.54) is 5.56 Å². The van der Waals surface area contributed by atoms with E-state index in [2.05, 4.69) is 24.1 Å². The molecule has 2 aromatic rings. The van der Waals surface area contributed by atoms with Crippen LogP contribution in [0, 0.1) is 5.92 Å². The number of amides is 1. The van der Waals surface area contributed by atoms with Crippen LogP contribution in [0.3, 0.4) is 0 Å². The number of furan rings is 1. The molecule has 0 aliphatic carbocycles. The van der Waals surface area contributed by atoms with Crippen molar-refractivity contribution < 1.29 is 13.9 Å². The van der Waals surface area contributed by atoms with Gasteiger partial charge in [-0.15, -0.1) is 0 Å². The van der Waals surface area contributed by atoms with Gasteiger partial charge < -0.3 is 19.0 Å². The van der Waals surface area contributed by atoms with Gasteiger partial charge in [-0.2, -0.15) is 0 Å². The summed E-state index contributed by atoms with van der Waals surface area (Å²) in [5.41, 5.74) is 1.25. The summed E-state index contributed by atoms with van der Waals surface area (Å²) in [6.45, 7) is 4.08. The highest BCUT2D eigenvalue weighted by molar-refractivity contribution is 5.91. The zero-order valence-electron chi connectivity index (χ0n) is 16.4. The second-order valence-electron chi connectivity index (χ2n) is 7.43. The smallest absolute Gasteiger partial charge is 0.289 e. The molecule has 5 nitrogen and oxygen atoms in total. The number of ether oxygens (including phenoxy) is 1. The molecular formula is C22H30N2O3. The Hall–Kier alpha value is -2.11. The Bertz CT molecular complexity index is 705. The minimum Gasteiger partial charge on any atom is -0.453 e. The number of hydrogen-bond donors (Lipinski definition) is 0. The molecule has 146 valence electrons. The third-order valence-corrected chi connectivity index (χ3v) is 5.28. The number of likely N-dealkylation sites (tertiary alicyclic amines) is 1. The van der Waals surface area contributed by atoms with E-state index in [9.17, 15) is 4.79 Å². The SMILES string of the molecule is COCc1ccc(C(=O)N(CCc2ccccc2)CC2CCN(C)CC2)o1. The zero-order valence-corrected chi connectivity index (χ0v) is 16.4. The molecular weight excluding hydrogens is 340 g/mol. The number of methoxy groups -OCH3 is 1. The number of piperidine rings is 1. The molecule has 1 aromatic carbocycles. The van der Waals surface area contributed by atoms with E-state index in [0.29, 0.717) is 30.6 Å². The van der Waals surface area contributed by atoms with Crippen molar-refractivity contribution in [3.63, 3.8) is 0 Å². The van der Waals surface area contributed by atoms with Crippen molar-refractivity contribution >= 4 is 5.91 Å². The Morgan fingerprint density at radius 2 is 1.93 bits per heavy atom. The molecule has 0 saturated carbocycles. The topological polar surface area (TPSA) is 45.9 Å². The molecule has 1 amide bonds. The number of carbonyl (C=O) groups excluding carboxylic acids is 1. The van der Waals surface area contributed by atoms with Gasteiger partial charge in [0.15, 0.2) is 5.76 Å². The van der Waals surface area contributed by atoms with Gasteiger partial charge in [0.2, 0.25) is 0 Å². The van der Waals surface area contributed by atoms with Gasteiger partial charge in [-0.05, 0) is 63.0 Å². The van der Waals surface area contributed by atoms with Crippen molar-refractivity contribution in [2.45, 2.75) is 25.9 Å². The van der Waals surface area contributed by atoms with Crippen LogP contribution in [0.1, 0.15) is 34.7 Å². The van der Waals surface area contributed by atoms with Crippen LogP contribution in [0.15, 0.2) is 46.9 Å². The van der Waals surface area contributed by atoms with Gasteiger partial charge in [0.25, 0.3) is 5.91 Å². The molecule has 1 aliphatic heterocycles. The van der Waals surface area contributed by atoms with Crippen LogP contribution < -0.4 is 0 Å². The standard InChI is InChI=1S/C22H30N2O3/c1-23-13-10-19(11-14-23)16-24(15-12-18-6-4-3-5-7-18)22(25)21-9-8-20(27-21)17-26-2/h3-9,19H,10-17H2,1-2H3. The van der Waals surface area contributed by atoms with E-state index in [1.54, 1.807) is 13.2 Å². The minimum absolute atomic E-state index is 0.0211. The first-order chi connectivity index (χ1) is 13.2. The van der Waals surface area contributed by atoms with Crippen LogP contribution in [-0.4, -0.2) is 56.0 Å². The summed E-state index contributed by atoms with van der Waals surface area (Å²) in [6.07, 6.45) is 3.13. The highest BCUT2D eigenvalue weighted by Gasteiger charge is 2.25. The van der Waals surface area contributed by atoms with Crippen molar-refractivity contribution in [2.75, 3.05) is 40.3 Å². The van der Waals surface area contributed by atoms with Gasteiger partial charge >= 0.3 is 0 Å². The van der Waals surface area contributed by atoms with Crippen LogP contribution >= 0.6 is 0 Å². The maximum atomic E-state index is 13.1. The van der Waals surface area contributed by atoms with Gasteiger partial charge in [-0.3, -0.25) is 4.79 Å². The molecule has 1 aliphatic rings. The second kappa shape index (κ2) is 9.72. The third-order valence-electron chi connectivity index (χ3n) is 5.28. The summed E-state index contributed by atoms with van der Waals surface area (Å²) < 4.78 is 10.8. The van der Waals surface area contributed by atoms with Crippen LogP contribution in [-0.2, 0) is 17.8 Å². The molecule has 27 heavy (non-hydrogen) atoms. The van der Waals surface area contributed by atoms with Gasteiger partial charge in [0.1, 0.15) is 12.4 Å². The van der Waals surface area contributed by atoms with Crippen LogP contribution in [0.4, 0.5) is 0 Å². The van der Waals surface area contributed by atoms with Crippen molar-refractivity contribution in [1.29, 1.82) is 0 Å². The lowest BCUT2D eigenvalue weighted by molar-refractivity contribution is 0.0662. The Labute approximate surface area is 161 Å². The van der Waals surface area contributed by atoms with Gasteiger partial charge in [0.05, 0.1) is 0 Å². The minimum atomic E-state index is -0.0211. The lowest BCUT2D eigenvalue weighted by Gasteiger charge is -2.33. The van der Waals surface area contributed by atoms with E-state index in [-0.39, 0.29) is 5.91 Å². The average molecular weight is 370 g/mol. The van der Waals surface area contributed by atoms with E-state index in [4.69, 9.17) is 9.15 Å². The predicted octanol–water partition coefficient (Wildman–Crippen LogP) is 3.45. The zero-order chi connectivity index (χ0) is 19.1. The molecule has 0 spiro atoms. The quantitative estimate of drug-likeness (QED) is 0.714. The number of nitrogens with zero attached hydrogens (tertiary/aromatic N) is 2. The number of rotatable bonds is 8. The van der Waals surface area contributed by atoms with Crippen molar-refractivity contribution in [1.82, 2.24) is 9.80 Å². The summed E-state index contributed by atoms with van der Waals surface area (Å²) in [5.74, 6) is 1.62. The maximum absolute atomic E-state index is 13.1. The molecule has 0 unspecified atom stereocenters. The molecule has 1 aromatic heterocycles. The van der Waals surface area contributed by atoms with Gasteiger partial charge in [-0.25, -0.2) is 0 Å². The lowest BCUT2D eigenvalue weighted by Crippen LogP contribution is -2.40. The Morgan fingerprint density at radius 1 is 1.19 bits per heavy atom. The number of carbonyl (C=O) groups is 1. The molecule has 0 N–H and O–H groups in total. The van der Waals surface area contributed by atoms with Crippen molar-refractivity contribution in [3.05, 3.63) is 59.5 Å². The van der Waals surface area contributed by atoms with Crippen molar-refractivity contribution in [2.24, 2.45) is 5.92 Å². The van der Waals surface area contributed by atoms with E-state index in [0.717, 1.165) is 38.9 Å². The Kier molecular flexibility index (Phi) is 7.07. The van der Waals surface area contributed by atoms with Crippen molar-refractivity contribution in [3.8, 4) is 0 Å². The molecule has 0 atom stereocenters. The highest BCUT2D eigenvalue weighted by atomic mass is 16.5. The summed E-state index contributed by atoms with van der Waals surface area (Å²) in [4.78, 5) is 17.4. The van der Waals surface area contributed by atoms with Crippen LogP contribution in [0.2, 0.25) is 0 Å².